The van der Waals surface area contributed by atoms with Crippen LogP contribution in [0.4, 0.5) is 0 Å². The number of nitrogens with two attached hydrogens (primary N) is 1. The number of piperidine rings is 1. The zero-order chi connectivity index (χ0) is 12.1. The minimum absolute atomic E-state index is 0. The van der Waals surface area contributed by atoms with E-state index in [0.717, 1.165) is 38.8 Å². The van der Waals surface area contributed by atoms with Crippen LogP contribution in [0.15, 0.2) is 0 Å². The van der Waals surface area contributed by atoms with Crippen molar-refractivity contribution in [2.45, 2.75) is 52.5 Å². The highest BCUT2D eigenvalue weighted by atomic mass is 35.5. The van der Waals surface area contributed by atoms with Gasteiger partial charge < -0.3 is 10.6 Å². The first-order valence-corrected chi connectivity index (χ1v) is 6.60. The molecule has 4 heteroatoms. The van der Waals surface area contributed by atoms with Gasteiger partial charge in [-0.15, -0.1) is 12.4 Å². The molecule has 17 heavy (non-hydrogen) atoms. The van der Waals surface area contributed by atoms with Crippen LogP contribution in [0.2, 0.25) is 0 Å². The van der Waals surface area contributed by atoms with Crippen molar-refractivity contribution < 1.29 is 4.79 Å². The minimum atomic E-state index is 0. The van der Waals surface area contributed by atoms with Crippen LogP contribution in [-0.4, -0.2) is 29.9 Å². The van der Waals surface area contributed by atoms with E-state index in [2.05, 4.69) is 13.8 Å². The molecule has 2 atom stereocenters. The van der Waals surface area contributed by atoms with E-state index < -0.39 is 0 Å². The van der Waals surface area contributed by atoms with Crippen LogP contribution in [0.5, 0.6) is 0 Å². The summed E-state index contributed by atoms with van der Waals surface area (Å²) in [5.74, 6) is 1.13. The number of amides is 1. The maximum atomic E-state index is 12.1. The van der Waals surface area contributed by atoms with Crippen molar-refractivity contribution in [3.8, 4) is 0 Å². The van der Waals surface area contributed by atoms with Crippen molar-refractivity contribution in [3.63, 3.8) is 0 Å². The lowest BCUT2D eigenvalue weighted by Gasteiger charge is -2.35. The minimum Gasteiger partial charge on any atom is -0.342 e. The summed E-state index contributed by atoms with van der Waals surface area (Å²) in [6, 6.07) is 0.269. The molecule has 1 saturated heterocycles. The molecule has 0 saturated carbocycles. The number of carbonyl (C=O) groups is 1. The van der Waals surface area contributed by atoms with E-state index in [4.69, 9.17) is 5.73 Å². The van der Waals surface area contributed by atoms with Gasteiger partial charge in [-0.1, -0.05) is 20.3 Å². The first-order valence-electron chi connectivity index (χ1n) is 6.60. The standard InChI is InChI=1S/C13H26N2O.ClH/c1-4-5-10(2)13(16)15-8-6-12(7-9-15)11(3)14;/h10-12H,4-9,14H2,1-3H3;1H. The van der Waals surface area contributed by atoms with Gasteiger partial charge in [0.15, 0.2) is 0 Å². The van der Waals surface area contributed by atoms with Gasteiger partial charge in [-0.3, -0.25) is 4.79 Å². The third kappa shape index (κ3) is 4.84. The molecule has 2 unspecified atom stereocenters. The van der Waals surface area contributed by atoms with Gasteiger partial charge in [0.1, 0.15) is 0 Å². The lowest BCUT2D eigenvalue weighted by Crippen LogP contribution is -2.44. The summed E-state index contributed by atoms with van der Waals surface area (Å²) in [6.45, 7) is 8.05. The second-order valence-corrected chi connectivity index (χ2v) is 5.21. The molecule has 1 fully saturated rings. The molecule has 0 radical (unpaired) electrons. The zero-order valence-electron chi connectivity index (χ0n) is 11.3. The average Bonchev–Trinajstić information content (AvgIpc) is 2.28. The van der Waals surface area contributed by atoms with Crippen LogP contribution in [0.3, 0.4) is 0 Å². The smallest absolute Gasteiger partial charge is 0.225 e. The Kier molecular flexibility index (Phi) is 7.80. The molecule has 0 spiro atoms. The Labute approximate surface area is 112 Å². The van der Waals surface area contributed by atoms with E-state index in [0.29, 0.717) is 11.8 Å². The average molecular weight is 263 g/mol. The quantitative estimate of drug-likeness (QED) is 0.846. The molecule has 1 aliphatic heterocycles. The third-order valence-electron chi connectivity index (χ3n) is 3.74. The van der Waals surface area contributed by atoms with Gasteiger partial charge in [0.05, 0.1) is 0 Å². The Morgan fingerprint density at radius 1 is 1.35 bits per heavy atom. The van der Waals surface area contributed by atoms with E-state index in [-0.39, 0.29) is 24.4 Å². The predicted octanol–water partition coefficient (Wildman–Crippen LogP) is 2.43. The van der Waals surface area contributed by atoms with Crippen molar-refractivity contribution in [3.05, 3.63) is 0 Å². The molecule has 0 aliphatic carbocycles. The zero-order valence-corrected chi connectivity index (χ0v) is 12.1. The molecule has 1 rings (SSSR count). The topological polar surface area (TPSA) is 46.3 Å². The summed E-state index contributed by atoms with van der Waals surface area (Å²) in [5.41, 5.74) is 5.89. The molecule has 1 aliphatic rings. The van der Waals surface area contributed by atoms with Crippen LogP contribution >= 0.6 is 12.4 Å². The lowest BCUT2D eigenvalue weighted by molar-refractivity contribution is -0.136. The molecule has 102 valence electrons. The number of nitrogens with zero attached hydrogens (tertiary/aromatic N) is 1. The molecule has 1 heterocycles. The maximum absolute atomic E-state index is 12.1. The van der Waals surface area contributed by atoms with Gasteiger partial charge in [0.25, 0.3) is 0 Å². The number of carbonyl (C=O) groups excluding carboxylic acids is 1. The molecule has 0 aromatic heterocycles. The molecular weight excluding hydrogens is 236 g/mol. The Morgan fingerprint density at radius 3 is 2.29 bits per heavy atom. The van der Waals surface area contributed by atoms with E-state index in [9.17, 15) is 4.79 Å². The Bertz CT molecular complexity index is 225. The third-order valence-corrected chi connectivity index (χ3v) is 3.74. The summed E-state index contributed by atoms with van der Waals surface area (Å²) >= 11 is 0. The summed E-state index contributed by atoms with van der Waals surface area (Å²) in [4.78, 5) is 14.1. The molecule has 0 aromatic rings. The van der Waals surface area contributed by atoms with Crippen molar-refractivity contribution >= 4 is 18.3 Å². The Hall–Kier alpha value is -0.280. The molecule has 0 aromatic carbocycles. The van der Waals surface area contributed by atoms with Crippen LogP contribution in [0, 0.1) is 11.8 Å². The molecular formula is C13H27ClN2O. The van der Waals surface area contributed by atoms with Crippen LogP contribution < -0.4 is 5.73 Å². The highest BCUT2D eigenvalue weighted by molar-refractivity contribution is 5.85. The number of likely N-dealkylation sites (tertiary alicyclic amines) is 1. The molecule has 3 nitrogen and oxygen atoms in total. The van der Waals surface area contributed by atoms with Crippen molar-refractivity contribution in [2.75, 3.05) is 13.1 Å². The molecule has 2 N–H and O–H groups in total. The van der Waals surface area contributed by atoms with Crippen molar-refractivity contribution in [2.24, 2.45) is 17.6 Å². The van der Waals surface area contributed by atoms with Crippen LogP contribution in [0.1, 0.15) is 46.5 Å². The van der Waals surface area contributed by atoms with Gasteiger partial charge in [-0.25, -0.2) is 0 Å². The van der Waals surface area contributed by atoms with E-state index >= 15 is 0 Å². The van der Waals surface area contributed by atoms with Crippen molar-refractivity contribution in [1.29, 1.82) is 0 Å². The Morgan fingerprint density at radius 2 is 1.88 bits per heavy atom. The SMILES string of the molecule is CCCC(C)C(=O)N1CCC(C(C)N)CC1.Cl. The van der Waals surface area contributed by atoms with Crippen molar-refractivity contribution in [1.82, 2.24) is 4.90 Å². The maximum Gasteiger partial charge on any atom is 0.225 e. The largest absolute Gasteiger partial charge is 0.342 e. The number of hydrogen-bond donors (Lipinski definition) is 1. The second kappa shape index (κ2) is 7.93. The first kappa shape index (κ1) is 16.7. The first-order chi connectivity index (χ1) is 7.56. The summed E-state index contributed by atoms with van der Waals surface area (Å²) < 4.78 is 0. The Balaban J connectivity index is 0.00000256. The van der Waals surface area contributed by atoms with Gasteiger partial charge in [-0.2, -0.15) is 0 Å². The highest BCUT2D eigenvalue weighted by Crippen LogP contribution is 2.21. The fraction of sp³-hybridized carbons (Fsp3) is 0.923. The van der Waals surface area contributed by atoms with Crippen LogP contribution in [-0.2, 0) is 4.79 Å². The van der Waals surface area contributed by atoms with E-state index in [1.54, 1.807) is 0 Å². The monoisotopic (exact) mass is 262 g/mol. The summed E-state index contributed by atoms with van der Waals surface area (Å²) in [6.07, 6.45) is 4.24. The fourth-order valence-electron chi connectivity index (χ4n) is 2.51. The number of hydrogen-bond acceptors (Lipinski definition) is 2. The number of halogens is 1. The summed E-state index contributed by atoms with van der Waals surface area (Å²) in [5, 5.41) is 0. The van der Waals surface area contributed by atoms with Gasteiger partial charge in [0, 0.05) is 25.0 Å². The lowest BCUT2D eigenvalue weighted by atomic mass is 9.90. The second-order valence-electron chi connectivity index (χ2n) is 5.21. The van der Waals surface area contributed by atoms with E-state index in [1.807, 2.05) is 11.8 Å². The molecule has 0 bridgehead atoms. The van der Waals surface area contributed by atoms with E-state index in [1.165, 1.54) is 0 Å². The summed E-state index contributed by atoms with van der Waals surface area (Å²) in [7, 11) is 0. The van der Waals surface area contributed by atoms with Crippen LogP contribution in [0.25, 0.3) is 0 Å². The normalized spacial score (nSPS) is 20.6. The fourth-order valence-corrected chi connectivity index (χ4v) is 2.51. The van der Waals surface area contributed by atoms with Gasteiger partial charge in [-0.05, 0) is 32.1 Å². The molecule has 1 amide bonds. The van der Waals surface area contributed by atoms with Gasteiger partial charge in [0.2, 0.25) is 5.91 Å². The van der Waals surface area contributed by atoms with Gasteiger partial charge >= 0.3 is 0 Å². The highest BCUT2D eigenvalue weighted by Gasteiger charge is 2.26. The predicted molar refractivity (Wildman–Crippen MR) is 74.3 cm³/mol. The number of rotatable bonds is 4.